The molecule has 1 N–H and O–H groups in total. The molecule has 1 amide bonds. The predicted octanol–water partition coefficient (Wildman–Crippen LogP) is 0.938. The molecule has 8 heteroatoms. The summed E-state index contributed by atoms with van der Waals surface area (Å²) < 4.78 is 5.74. The Morgan fingerprint density at radius 3 is 3.12 bits per heavy atom. The number of rotatable bonds is 5. The lowest BCUT2D eigenvalue weighted by Gasteiger charge is -2.33. The number of morpholine rings is 1. The Morgan fingerprint density at radius 2 is 2.38 bits per heavy atom. The average Bonchev–Trinajstić information content (AvgIpc) is 2.98. The van der Waals surface area contributed by atoms with Crippen LogP contribution in [-0.2, 0) is 22.4 Å². The van der Waals surface area contributed by atoms with Crippen LogP contribution in [0.25, 0.3) is 0 Å². The van der Waals surface area contributed by atoms with E-state index >= 15 is 0 Å². The van der Waals surface area contributed by atoms with Crippen molar-refractivity contribution in [3.8, 4) is 0 Å². The summed E-state index contributed by atoms with van der Waals surface area (Å²) in [6.07, 6.45) is 3.11. The molecule has 2 aromatic rings. The van der Waals surface area contributed by atoms with Crippen LogP contribution in [-0.4, -0.2) is 51.6 Å². The third kappa shape index (κ3) is 4.48. The quantitative estimate of drug-likeness (QED) is 0.869. The number of thiazole rings is 1. The minimum Gasteiger partial charge on any atom is -0.375 e. The highest BCUT2D eigenvalue weighted by Gasteiger charge is 2.24. The second-order valence-electron chi connectivity index (χ2n) is 5.81. The van der Waals surface area contributed by atoms with Gasteiger partial charge in [-0.2, -0.15) is 0 Å². The first-order valence-electron chi connectivity index (χ1n) is 7.94. The monoisotopic (exact) mass is 348 g/mol. The smallest absolute Gasteiger partial charge is 0.250 e. The summed E-state index contributed by atoms with van der Waals surface area (Å²) in [5.74, 6) is 0.0860. The first-order valence-corrected chi connectivity index (χ1v) is 8.82. The van der Waals surface area contributed by atoms with Crippen molar-refractivity contribution in [2.75, 3.05) is 19.7 Å². The molecule has 128 valence electrons. The van der Waals surface area contributed by atoms with Gasteiger partial charge in [-0.1, -0.05) is 0 Å². The van der Waals surface area contributed by atoms with Crippen molar-refractivity contribution in [2.45, 2.75) is 32.3 Å². The van der Waals surface area contributed by atoms with Crippen molar-refractivity contribution in [3.05, 3.63) is 44.5 Å². The Kier molecular flexibility index (Phi) is 5.37. The molecule has 0 aromatic carbocycles. The molecule has 1 aliphatic heterocycles. The van der Waals surface area contributed by atoms with Gasteiger partial charge in [-0.15, -0.1) is 11.3 Å². The molecule has 0 radical (unpaired) electrons. The van der Waals surface area contributed by atoms with Crippen molar-refractivity contribution < 1.29 is 9.53 Å². The zero-order valence-electron chi connectivity index (χ0n) is 13.5. The molecule has 0 spiro atoms. The van der Waals surface area contributed by atoms with Crippen molar-refractivity contribution in [2.24, 2.45) is 0 Å². The Labute approximate surface area is 143 Å². The standard InChI is InChI=1S/C16H20N4O3S/c1-11-19-13(9-24-11)7-16(22)20-4-5-23-14(8-20)3-2-12-6-15(21)18-10-17-12/h6,9-10,14H,2-5,7-8H2,1H3,(H,17,18,21)/t14-/m1/s1. The third-order valence-electron chi connectivity index (χ3n) is 3.95. The molecule has 0 aliphatic carbocycles. The first-order chi connectivity index (χ1) is 11.6. The molecule has 1 aliphatic rings. The lowest BCUT2D eigenvalue weighted by atomic mass is 10.1. The number of amides is 1. The van der Waals surface area contributed by atoms with Gasteiger partial charge in [-0.25, -0.2) is 9.97 Å². The molecule has 3 rings (SSSR count). The zero-order valence-corrected chi connectivity index (χ0v) is 14.3. The van der Waals surface area contributed by atoms with E-state index in [0.29, 0.717) is 32.5 Å². The molecule has 1 fully saturated rings. The van der Waals surface area contributed by atoms with Crippen LogP contribution in [0.3, 0.4) is 0 Å². The van der Waals surface area contributed by atoms with Crippen molar-refractivity contribution in [3.63, 3.8) is 0 Å². The van der Waals surface area contributed by atoms with Gasteiger partial charge in [-0.3, -0.25) is 9.59 Å². The van der Waals surface area contributed by atoms with Gasteiger partial charge >= 0.3 is 0 Å². The van der Waals surface area contributed by atoms with Gasteiger partial charge in [0.15, 0.2) is 0 Å². The van der Waals surface area contributed by atoms with E-state index in [2.05, 4.69) is 15.0 Å². The molecule has 24 heavy (non-hydrogen) atoms. The van der Waals surface area contributed by atoms with E-state index in [1.165, 1.54) is 12.4 Å². The lowest BCUT2D eigenvalue weighted by molar-refractivity contribution is -0.138. The average molecular weight is 348 g/mol. The van der Waals surface area contributed by atoms with Crippen molar-refractivity contribution in [1.29, 1.82) is 0 Å². The highest BCUT2D eigenvalue weighted by Crippen LogP contribution is 2.14. The number of ether oxygens (including phenoxy) is 1. The largest absolute Gasteiger partial charge is 0.375 e. The summed E-state index contributed by atoms with van der Waals surface area (Å²) in [6.45, 7) is 3.66. The SMILES string of the molecule is Cc1nc(CC(=O)N2CCO[C@H](CCc3cc(=O)[nH]cn3)C2)cs1. The van der Waals surface area contributed by atoms with Crippen LogP contribution in [0.4, 0.5) is 0 Å². The molecule has 0 saturated carbocycles. The van der Waals surface area contributed by atoms with E-state index in [-0.39, 0.29) is 17.6 Å². The molecular weight excluding hydrogens is 328 g/mol. The van der Waals surface area contributed by atoms with Gasteiger partial charge in [0.25, 0.3) is 5.56 Å². The van der Waals surface area contributed by atoms with E-state index < -0.39 is 0 Å². The highest BCUT2D eigenvalue weighted by molar-refractivity contribution is 7.09. The summed E-state index contributed by atoms with van der Waals surface area (Å²) in [4.78, 5) is 36.5. The molecule has 1 saturated heterocycles. The third-order valence-corrected chi connectivity index (χ3v) is 4.77. The second-order valence-corrected chi connectivity index (χ2v) is 6.87. The summed E-state index contributed by atoms with van der Waals surface area (Å²) in [5.41, 5.74) is 1.42. The number of hydrogen-bond donors (Lipinski definition) is 1. The maximum absolute atomic E-state index is 12.4. The topological polar surface area (TPSA) is 88.2 Å². The molecule has 0 unspecified atom stereocenters. The molecular formula is C16H20N4O3S. The molecule has 2 aromatic heterocycles. The number of aryl methyl sites for hydroxylation is 2. The summed E-state index contributed by atoms with van der Waals surface area (Å²) >= 11 is 1.56. The zero-order chi connectivity index (χ0) is 16.9. The summed E-state index contributed by atoms with van der Waals surface area (Å²) in [5, 5.41) is 2.91. The highest BCUT2D eigenvalue weighted by atomic mass is 32.1. The lowest BCUT2D eigenvalue weighted by Crippen LogP contribution is -2.46. The number of aromatic amines is 1. The van der Waals surface area contributed by atoms with E-state index in [4.69, 9.17) is 4.74 Å². The number of hydrogen-bond acceptors (Lipinski definition) is 6. The van der Waals surface area contributed by atoms with Crippen molar-refractivity contribution in [1.82, 2.24) is 19.9 Å². The second kappa shape index (κ2) is 7.67. The normalized spacial score (nSPS) is 17.9. The number of carbonyl (C=O) groups is 1. The van der Waals surface area contributed by atoms with E-state index in [9.17, 15) is 9.59 Å². The fourth-order valence-electron chi connectivity index (χ4n) is 2.73. The van der Waals surface area contributed by atoms with Gasteiger partial charge in [0.05, 0.1) is 36.2 Å². The maximum atomic E-state index is 12.4. The number of nitrogens with one attached hydrogen (secondary N) is 1. The van der Waals surface area contributed by atoms with Gasteiger partial charge in [-0.05, 0) is 19.8 Å². The van der Waals surface area contributed by atoms with Crippen molar-refractivity contribution >= 4 is 17.2 Å². The minimum atomic E-state index is -0.153. The molecule has 1 atom stereocenters. The first kappa shape index (κ1) is 16.8. The van der Waals surface area contributed by atoms with Crippen LogP contribution in [0, 0.1) is 6.92 Å². The summed E-state index contributed by atoms with van der Waals surface area (Å²) in [7, 11) is 0. The van der Waals surface area contributed by atoms with Crippen LogP contribution in [0.1, 0.15) is 22.8 Å². The van der Waals surface area contributed by atoms with Crippen LogP contribution < -0.4 is 5.56 Å². The van der Waals surface area contributed by atoms with E-state index in [1.807, 2.05) is 17.2 Å². The van der Waals surface area contributed by atoms with Gasteiger partial charge < -0.3 is 14.6 Å². The Morgan fingerprint density at radius 1 is 1.50 bits per heavy atom. The molecule has 0 bridgehead atoms. The minimum absolute atomic E-state index is 0.0269. The number of aromatic nitrogens is 3. The summed E-state index contributed by atoms with van der Waals surface area (Å²) in [6, 6.07) is 1.50. The Balaban J connectivity index is 1.52. The van der Waals surface area contributed by atoms with Gasteiger partial charge in [0, 0.05) is 30.2 Å². The van der Waals surface area contributed by atoms with E-state index in [0.717, 1.165) is 22.8 Å². The number of carbonyl (C=O) groups excluding carboxylic acids is 1. The van der Waals surface area contributed by atoms with Crippen LogP contribution in [0.15, 0.2) is 22.6 Å². The number of H-pyrrole nitrogens is 1. The fraction of sp³-hybridized carbons (Fsp3) is 0.500. The predicted molar refractivity (Wildman–Crippen MR) is 90.1 cm³/mol. The Hall–Kier alpha value is -2.06. The fourth-order valence-corrected chi connectivity index (χ4v) is 3.34. The molecule has 3 heterocycles. The van der Waals surface area contributed by atoms with Crippen LogP contribution in [0.5, 0.6) is 0 Å². The molecule has 7 nitrogen and oxygen atoms in total. The van der Waals surface area contributed by atoms with E-state index in [1.54, 1.807) is 11.3 Å². The maximum Gasteiger partial charge on any atom is 0.250 e. The van der Waals surface area contributed by atoms with Gasteiger partial charge in [0.1, 0.15) is 0 Å². The number of nitrogens with zero attached hydrogens (tertiary/aromatic N) is 3. The Bertz CT molecular complexity index is 758. The van der Waals surface area contributed by atoms with Crippen LogP contribution >= 0.6 is 11.3 Å². The van der Waals surface area contributed by atoms with Crippen LogP contribution in [0.2, 0.25) is 0 Å². The van der Waals surface area contributed by atoms with Gasteiger partial charge in [0.2, 0.25) is 5.91 Å².